The number of piperazine rings is 1. The summed E-state index contributed by atoms with van der Waals surface area (Å²) in [4.78, 5) is 17.3. The molecule has 1 amide bonds. The third kappa shape index (κ3) is 5.24. The predicted octanol–water partition coefficient (Wildman–Crippen LogP) is 4.98. The minimum Gasteiger partial charge on any atom is -0.368 e. The third-order valence-electron chi connectivity index (χ3n) is 5.72. The van der Waals surface area contributed by atoms with Crippen molar-refractivity contribution < 1.29 is 4.79 Å². The first-order valence-corrected chi connectivity index (χ1v) is 12.7. The van der Waals surface area contributed by atoms with Crippen molar-refractivity contribution in [3.8, 4) is 0 Å². The van der Waals surface area contributed by atoms with Gasteiger partial charge in [0.2, 0.25) is 11.0 Å². The summed E-state index contributed by atoms with van der Waals surface area (Å²) in [7, 11) is 0. The van der Waals surface area contributed by atoms with Gasteiger partial charge >= 0.3 is 0 Å². The fraction of sp³-hybridized carbons (Fsp3) is 0.375. The van der Waals surface area contributed by atoms with Gasteiger partial charge in [-0.05, 0) is 43.5 Å². The Morgan fingerprint density at radius 3 is 2.56 bits per heavy atom. The summed E-state index contributed by atoms with van der Waals surface area (Å²) in [5.41, 5.74) is 4.76. The molecule has 2 aromatic carbocycles. The van der Waals surface area contributed by atoms with Crippen LogP contribution in [0.15, 0.2) is 52.9 Å². The van der Waals surface area contributed by atoms with Crippen LogP contribution < -0.4 is 10.2 Å². The smallest absolute Gasteiger partial charge is 0.235 e. The number of amides is 1. The molecule has 0 spiro atoms. The zero-order valence-corrected chi connectivity index (χ0v) is 20.4. The van der Waals surface area contributed by atoms with Gasteiger partial charge in [0.1, 0.15) is 0 Å². The second kappa shape index (κ2) is 10.4. The largest absolute Gasteiger partial charge is 0.368 e. The van der Waals surface area contributed by atoms with Gasteiger partial charge in [-0.2, -0.15) is 0 Å². The Labute approximate surface area is 198 Å². The summed E-state index contributed by atoms with van der Waals surface area (Å²) in [6.45, 7) is 9.40. The van der Waals surface area contributed by atoms with Crippen molar-refractivity contribution in [2.75, 3.05) is 36.4 Å². The highest BCUT2D eigenvalue weighted by atomic mass is 32.2. The molecule has 6 nitrogen and oxygen atoms in total. The number of aryl methyl sites for hydroxylation is 2. The van der Waals surface area contributed by atoms with Gasteiger partial charge < -0.3 is 15.1 Å². The standard InChI is InChI=1S/C24H29N5OS2/c1-4-19-10-8-9-17(2)21(19)25-23-26-27-24(32-23)31-18(3)22(30)29-15-13-28(14-16-29)20-11-6-5-7-12-20/h5-12,18H,4,13-16H2,1-3H3,(H,25,26). The average molecular weight is 468 g/mol. The van der Waals surface area contributed by atoms with Crippen LogP contribution in [0.2, 0.25) is 0 Å². The first-order valence-electron chi connectivity index (χ1n) is 11.0. The molecule has 2 heterocycles. The Balaban J connectivity index is 1.32. The number of hydrogen-bond donors (Lipinski definition) is 1. The van der Waals surface area contributed by atoms with Crippen molar-refractivity contribution in [3.63, 3.8) is 0 Å². The number of aromatic nitrogens is 2. The number of nitrogens with one attached hydrogen (secondary N) is 1. The number of benzene rings is 2. The van der Waals surface area contributed by atoms with Gasteiger partial charge in [0.05, 0.1) is 5.25 Å². The highest BCUT2D eigenvalue weighted by Crippen LogP contribution is 2.33. The van der Waals surface area contributed by atoms with E-state index in [0.717, 1.165) is 47.8 Å². The van der Waals surface area contributed by atoms with Crippen LogP contribution in [-0.2, 0) is 11.2 Å². The maximum Gasteiger partial charge on any atom is 0.235 e. The van der Waals surface area contributed by atoms with Crippen LogP contribution >= 0.6 is 23.1 Å². The molecule has 1 unspecified atom stereocenters. The lowest BCUT2D eigenvalue weighted by Crippen LogP contribution is -2.50. The summed E-state index contributed by atoms with van der Waals surface area (Å²) >= 11 is 2.98. The molecule has 1 saturated heterocycles. The monoisotopic (exact) mass is 467 g/mol. The number of hydrogen-bond acceptors (Lipinski definition) is 7. The van der Waals surface area contributed by atoms with Crippen LogP contribution in [0.3, 0.4) is 0 Å². The van der Waals surface area contributed by atoms with Crippen LogP contribution in [0.1, 0.15) is 25.0 Å². The van der Waals surface area contributed by atoms with Crippen LogP contribution in [0, 0.1) is 6.92 Å². The number of carbonyl (C=O) groups is 1. The van der Waals surface area contributed by atoms with Gasteiger partial charge in [-0.3, -0.25) is 4.79 Å². The zero-order valence-electron chi connectivity index (χ0n) is 18.7. The lowest BCUT2D eigenvalue weighted by atomic mass is 10.1. The van der Waals surface area contributed by atoms with E-state index < -0.39 is 0 Å². The minimum absolute atomic E-state index is 0.166. The first-order chi connectivity index (χ1) is 15.5. The van der Waals surface area contributed by atoms with E-state index in [9.17, 15) is 4.79 Å². The van der Waals surface area contributed by atoms with Crippen molar-refractivity contribution in [1.82, 2.24) is 15.1 Å². The molecular weight excluding hydrogens is 438 g/mol. The van der Waals surface area contributed by atoms with Gasteiger partial charge in [0.15, 0.2) is 4.34 Å². The maximum absolute atomic E-state index is 13.0. The zero-order chi connectivity index (χ0) is 22.5. The second-order valence-electron chi connectivity index (χ2n) is 7.87. The van der Waals surface area contributed by atoms with Crippen molar-refractivity contribution in [2.45, 2.75) is 36.8 Å². The summed E-state index contributed by atoms with van der Waals surface area (Å²) in [6, 6.07) is 16.7. The van der Waals surface area contributed by atoms with Crippen LogP contribution in [0.4, 0.5) is 16.5 Å². The Hall–Kier alpha value is -2.58. The number of carbonyl (C=O) groups excluding carboxylic acids is 1. The Bertz CT molecular complexity index is 1050. The van der Waals surface area contributed by atoms with E-state index in [1.165, 1.54) is 39.9 Å². The van der Waals surface area contributed by atoms with Crippen LogP contribution in [0.25, 0.3) is 0 Å². The van der Waals surface area contributed by atoms with Gasteiger partial charge in [-0.25, -0.2) is 0 Å². The Morgan fingerprint density at radius 2 is 1.84 bits per heavy atom. The molecule has 3 aromatic rings. The van der Waals surface area contributed by atoms with Gasteiger partial charge in [-0.15, -0.1) is 10.2 Å². The SMILES string of the molecule is CCc1cccc(C)c1Nc1nnc(SC(C)C(=O)N2CCN(c3ccccc3)CC2)s1. The fourth-order valence-electron chi connectivity index (χ4n) is 3.90. The summed E-state index contributed by atoms with van der Waals surface area (Å²) in [6.07, 6.45) is 0.952. The first kappa shape index (κ1) is 22.6. The van der Waals surface area contributed by atoms with Gasteiger partial charge in [0.25, 0.3) is 0 Å². The molecular formula is C24H29N5OS2. The molecule has 1 aliphatic rings. The van der Waals surface area contributed by atoms with Crippen molar-refractivity contribution >= 4 is 45.5 Å². The van der Waals surface area contributed by atoms with E-state index in [2.05, 4.69) is 76.7 Å². The van der Waals surface area contributed by atoms with Gasteiger partial charge in [-0.1, -0.05) is 66.4 Å². The summed E-state index contributed by atoms with van der Waals surface area (Å²) in [5.74, 6) is 0.166. The van der Waals surface area contributed by atoms with Gasteiger partial charge in [0, 0.05) is 37.6 Å². The van der Waals surface area contributed by atoms with E-state index in [1.807, 2.05) is 17.9 Å². The maximum atomic E-state index is 13.0. The molecule has 1 fully saturated rings. The second-order valence-corrected chi connectivity index (χ2v) is 10.4. The number of anilines is 3. The molecule has 1 atom stereocenters. The number of rotatable bonds is 7. The van der Waals surface area contributed by atoms with Crippen molar-refractivity contribution in [2.24, 2.45) is 0 Å². The molecule has 0 bridgehead atoms. The lowest BCUT2D eigenvalue weighted by Gasteiger charge is -2.37. The molecule has 32 heavy (non-hydrogen) atoms. The quantitative estimate of drug-likeness (QED) is 0.495. The Morgan fingerprint density at radius 1 is 1.09 bits per heavy atom. The van der Waals surface area contributed by atoms with E-state index >= 15 is 0 Å². The molecule has 4 rings (SSSR count). The number of thioether (sulfide) groups is 1. The highest BCUT2D eigenvalue weighted by Gasteiger charge is 2.26. The molecule has 0 aliphatic carbocycles. The van der Waals surface area contributed by atoms with Crippen molar-refractivity contribution in [3.05, 3.63) is 59.7 Å². The molecule has 8 heteroatoms. The number of para-hydroxylation sites is 2. The Kier molecular flexibility index (Phi) is 7.32. The normalized spacial score (nSPS) is 15.0. The average Bonchev–Trinajstić information content (AvgIpc) is 3.27. The molecule has 0 saturated carbocycles. The summed E-state index contributed by atoms with van der Waals surface area (Å²) in [5, 5.41) is 12.6. The number of nitrogens with zero attached hydrogens (tertiary/aromatic N) is 4. The molecule has 0 radical (unpaired) electrons. The van der Waals surface area contributed by atoms with Crippen LogP contribution in [0.5, 0.6) is 0 Å². The third-order valence-corrected chi connectivity index (χ3v) is 7.73. The summed E-state index contributed by atoms with van der Waals surface area (Å²) < 4.78 is 0.808. The van der Waals surface area contributed by atoms with E-state index in [1.54, 1.807) is 0 Å². The topological polar surface area (TPSA) is 61.4 Å². The van der Waals surface area contributed by atoms with E-state index in [4.69, 9.17) is 0 Å². The predicted molar refractivity (Wildman–Crippen MR) is 134 cm³/mol. The molecule has 1 aliphatic heterocycles. The van der Waals surface area contributed by atoms with Crippen LogP contribution in [-0.4, -0.2) is 52.4 Å². The van der Waals surface area contributed by atoms with E-state index in [-0.39, 0.29) is 11.2 Å². The van der Waals surface area contributed by atoms with Crippen molar-refractivity contribution in [1.29, 1.82) is 0 Å². The molecule has 168 valence electrons. The fourth-order valence-corrected chi connectivity index (χ4v) is 5.88. The lowest BCUT2D eigenvalue weighted by molar-refractivity contribution is -0.130. The molecule has 1 aromatic heterocycles. The minimum atomic E-state index is -0.191. The van der Waals surface area contributed by atoms with E-state index in [0.29, 0.717) is 0 Å². The molecule has 1 N–H and O–H groups in total. The highest BCUT2D eigenvalue weighted by molar-refractivity contribution is 8.02.